The number of para-hydroxylation sites is 1. The number of piperidine rings is 1. The summed E-state index contributed by atoms with van der Waals surface area (Å²) in [6.45, 7) is 2.10. The van der Waals surface area contributed by atoms with Crippen LogP contribution in [0.1, 0.15) is 36.9 Å². The van der Waals surface area contributed by atoms with E-state index in [4.69, 9.17) is 9.84 Å². The molecular formula is C21H25N3O3. The zero-order valence-corrected chi connectivity index (χ0v) is 15.4. The summed E-state index contributed by atoms with van der Waals surface area (Å²) in [7, 11) is 0. The van der Waals surface area contributed by atoms with Gasteiger partial charge in [-0.05, 0) is 49.8 Å². The van der Waals surface area contributed by atoms with E-state index in [-0.39, 0.29) is 23.5 Å². The van der Waals surface area contributed by atoms with Crippen molar-refractivity contribution < 1.29 is 14.6 Å². The van der Waals surface area contributed by atoms with E-state index in [1.165, 1.54) is 5.56 Å². The summed E-state index contributed by atoms with van der Waals surface area (Å²) >= 11 is 0. The van der Waals surface area contributed by atoms with Crippen molar-refractivity contribution in [3.63, 3.8) is 0 Å². The fourth-order valence-electron chi connectivity index (χ4n) is 4.63. The second kappa shape index (κ2) is 6.46. The van der Waals surface area contributed by atoms with Crippen LogP contribution in [0.2, 0.25) is 0 Å². The summed E-state index contributed by atoms with van der Waals surface area (Å²) in [5.41, 5.74) is 2.98. The van der Waals surface area contributed by atoms with Gasteiger partial charge in [0.05, 0.1) is 24.1 Å². The van der Waals surface area contributed by atoms with Crippen LogP contribution in [0.3, 0.4) is 0 Å². The largest absolute Gasteiger partial charge is 0.393 e. The maximum atomic E-state index is 12.6. The molecule has 5 rings (SSSR count). The number of aliphatic hydroxyl groups is 1. The molecule has 0 atom stereocenters. The van der Waals surface area contributed by atoms with Gasteiger partial charge in [-0.3, -0.25) is 4.79 Å². The van der Waals surface area contributed by atoms with Crippen molar-refractivity contribution in [3.05, 3.63) is 47.8 Å². The first-order valence-corrected chi connectivity index (χ1v) is 9.90. The number of fused-ring (bicyclic) bond motifs is 2. The minimum absolute atomic E-state index is 0.00849. The number of carbonyl (C=O) groups is 1. The van der Waals surface area contributed by atoms with Crippen molar-refractivity contribution in [1.29, 1.82) is 0 Å². The third-order valence-corrected chi connectivity index (χ3v) is 6.34. The van der Waals surface area contributed by atoms with Crippen LogP contribution in [0.25, 0.3) is 5.69 Å². The normalized spacial score (nSPS) is 26.5. The number of hydrogen-bond donors (Lipinski definition) is 1. The van der Waals surface area contributed by atoms with Crippen molar-refractivity contribution >= 4 is 5.91 Å². The molecule has 0 radical (unpaired) electrons. The van der Waals surface area contributed by atoms with Gasteiger partial charge < -0.3 is 14.7 Å². The number of nitrogens with zero attached hydrogens (tertiary/aromatic N) is 3. The van der Waals surface area contributed by atoms with E-state index in [9.17, 15) is 9.90 Å². The van der Waals surface area contributed by atoms with Crippen LogP contribution in [-0.2, 0) is 21.6 Å². The van der Waals surface area contributed by atoms with Crippen molar-refractivity contribution in [2.75, 3.05) is 19.7 Å². The lowest BCUT2D eigenvalue weighted by Crippen LogP contribution is -2.51. The minimum atomic E-state index is -0.372. The van der Waals surface area contributed by atoms with Crippen molar-refractivity contribution in [1.82, 2.24) is 14.7 Å². The Hall–Kier alpha value is -2.18. The maximum Gasteiger partial charge on any atom is 0.225 e. The first-order chi connectivity index (χ1) is 13.1. The summed E-state index contributed by atoms with van der Waals surface area (Å²) in [5.74, 6) is 0.204. The summed E-state index contributed by atoms with van der Waals surface area (Å²) in [6, 6.07) is 10.2. The van der Waals surface area contributed by atoms with E-state index in [1.807, 2.05) is 27.8 Å². The number of likely N-dealkylation sites (tertiary alicyclic amines) is 1. The summed E-state index contributed by atoms with van der Waals surface area (Å²) in [4.78, 5) is 14.5. The van der Waals surface area contributed by atoms with Crippen LogP contribution < -0.4 is 0 Å². The highest BCUT2D eigenvalue weighted by molar-refractivity contribution is 5.80. The number of rotatable bonds is 2. The van der Waals surface area contributed by atoms with Gasteiger partial charge in [0, 0.05) is 25.2 Å². The molecule has 1 amide bonds. The monoisotopic (exact) mass is 367 g/mol. The molecule has 2 aliphatic heterocycles. The lowest BCUT2D eigenvalue weighted by Gasteiger charge is -2.44. The van der Waals surface area contributed by atoms with E-state index in [2.05, 4.69) is 18.3 Å². The number of hydrogen-bond acceptors (Lipinski definition) is 4. The molecule has 1 saturated heterocycles. The smallest absolute Gasteiger partial charge is 0.225 e. The highest BCUT2D eigenvalue weighted by Gasteiger charge is 2.45. The third-order valence-electron chi connectivity index (χ3n) is 6.34. The van der Waals surface area contributed by atoms with E-state index in [0.717, 1.165) is 30.6 Å². The molecule has 27 heavy (non-hydrogen) atoms. The first kappa shape index (κ1) is 17.0. The summed E-state index contributed by atoms with van der Waals surface area (Å²) in [6.07, 6.45) is 5.51. The topological polar surface area (TPSA) is 67.6 Å². The predicted molar refractivity (Wildman–Crippen MR) is 99.4 cm³/mol. The van der Waals surface area contributed by atoms with Crippen LogP contribution in [0.4, 0.5) is 0 Å². The first-order valence-electron chi connectivity index (χ1n) is 9.90. The Kier molecular flexibility index (Phi) is 4.06. The number of amides is 1. The van der Waals surface area contributed by atoms with Crippen LogP contribution in [0, 0.1) is 5.92 Å². The molecule has 3 aliphatic rings. The van der Waals surface area contributed by atoms with Crippen LogP contribution >= 0.6 is 0 Å². The molecule has 1 aromatic heterocycles. The molecule has 1 aromatic carbocycles. The number of ether oxygens (including phenoxy) is 1. The van der Waals surface area contributed by atoms with Gasteiger partial charge in [0.2, 0.25) is 5.91 Å². The molecule has 6 nitrogen and oxygen atoms in total. The molecular weight excluding hydrogens is 342 g/mol. The van der Waals surface area contributed by atoms with Gasteiger partial charge in [0.15, 0.2) is 0 Å². The molecule has 1 N–H and O–H groups in total. The van der Waals surface area contributed by atoms with Crippen LogP contribution in [-0.4, -0.2) is 51.5 Å². The SMILES string of the molecule is O=C(C1CC(O)C1)N1CCC2(CC1)OCCc1cn(-c3ccccc3)nc12. The van der Waals surface area contributed by atoms with E-state index >= 15 is 0 Å². The molecule has 0 unspecified atom stereocenters. The standard InChI is InChI=1S/C21H25N3O3/c25-18-12-16(13-18)20(26)23-9-7-21(8-10-23)19-15(6-11-27-21)14-24(22-19)17-4-2-1-3-5-17/h1-5,14,16,18,25H,6-13H2. The van der Waals surface area contributed by atoms with Gasteiger partial charge >= 0.3 is 0 Å². The van der Waals surface area contributed by atoms with Gasteiger partial charge in [-0.2, -0.15) is 5.10 Å². The average molecular weight is 367 g/mol. The number of benzene rings is 1. The fourth-order valence-corrected chi connectivity index (χ4v) is 4.63. The third kappa shape index (κ3) is 2.87. The van der Waals surface area contributed by atoms with Crippen LogP contribution in [0.5, 0.6) is 0 Å². The predicted octanol–water partition coefficient (Wildman–Crippen LogP) is 2.03. The van der Waals surface area contributed by atoms with E-state index in [0.29, 0.717) is 32.5 Å². The molecule has 2 aromatic rings. The average Bonchev–Trinajstić information content (AvgIpc) is 3.12. The second-order valence-corrected chi connectivity index (χ2v) is 8.02. The molecule has 1 aliphatic carbocycles. The molecule has 142 valence electrons. The molecule has 3 heterocycles. The van der Waals surface area contributed by atoms with E-state index < -0.39 is 0 Å². The Bertz CT molecular complexity index is 834. The lowest BCUT2D eigenvalue weighted by molar-refractivity contribution is -0.151. The Labute approximate surface area is 158 Å². The van der Waals surface area contributed by atoms with Crippen LogP contribution in [0.15, 0.2) is 36.5 Å². The van der Waals surface area contributed by atoms with E-state index in [1.54, 1.807) is 0 Å². The molecule has 6 heteroatoms. The fraction of sp³-hybridized carbons (Fsp3) is 0.524. The Balaban J connectivity index is 1.35. The van der Waals surface area contributed by atoms with Crippen molar-refractivity contribution in [2.45, 2.75) is 43.8 Å². The Morgan fingerprint density at radius 3 is 2.63 bits per heavy atom. The molecule has 2 fully saturated rings. The summed E-state index contributed by atoms with van der Waals surface area (Å²) < 4.78 is 8.23. The lowest BCUT2D eigenvalue weighted by atomic mass is 9.79. The zero-order chi connectivity index (χ0) is 18.4. The van der Waals surface area contributed by atoms with Crippen molar-refractivity contribution in [3.8, 4) is 5.69 Å². The van der Waals surface area contributed by atoms with Gasteiger partial charge in [-0.25, -0.2) is 4.68 Å². The molecule has 0 bridgehead atoms. The summed E-state index contributed by atoms with van der Waals surface area (Å²) in [5, 5.41) is 14.4. The minimum Gasteiger partial charge on any atom is -0.393 e. The Morgan fingerprint density at radius 1 is 1.19 bits per heavy atom. The number of carbonyl (C=O) groups excluding carboxylic acids is 1. The van der Waals surface area contributed by atoms with Gasteiger partial charge in [0.1, 0.15) is 5.60 Å². The highest BCUT2D eigenvalue weighted by atomic mass is 16.5. The zero-order valence-electron chi connectivity index (χ0n) is 15.4. The van der Waals surface area contributed by atoms with Gasteiger partial charge in [0.25, 0.3) is 0 Å². The van der Waals surface area contributed by atoms with Gasteiger partial charge in [-0.15, -0.1) is 0 Å². The number of aliphatic hydroxyl groups excluding tert-OH is 1. The Morgan fingerprint density at radius 2 is 1.93 bits per heavy atom. The highest BCUT2D eigenvalue weighted by Crippen LogP contribution is 2.41. The van der Waals surface area contributed by atoms with Gasteiger partial charge in [-0.1, -0.05) is 18.2 Å². The molecule has 1 spiro atoms. The maximum absolute atomic E-state index is 12.6. The second-order valence-electron chi connectivity index (χ2n) is 8.02. The quantitative estimate of drug-likeness (QED) is 0.882. The number of aromatic nitrogens is 2. The van der Waals surface area contributed by atoms with Crippen molar-refractivity contribution in [2.24, 2.45) is 5.92 Å². The molecule has 1 saturated carbocycles.